The van der Waals surface area contributed by atoms with Gasteiger partial charge < -0.3 is 23.4 Å². The SMILES string of the molecule is CCOc1cc(-c2ccc(OC)c(OC)c2)cc(=Nc2ccc(OC)cc2)c2c(C)oc(C)c12. The maximum atomic E-state index is 6.10. The van der Waals surface area contributed by atoms with Crippen LogP contribution in [0.4, 0.5) is 5.69 Å². The molecule has 0 aliphatic heterocycles. The fraction of sp³-hybridized carbons (Fsp3) is 0.250. The number of rotatable bonds is 7. The third-order valence-electron chi connectivity index (χ3n) is 5.68. The van der Waals surface area contributed by atoms with Crippen LogP contribution in [0.5, 0.6) is 23.0 Å². The van der Waals surface area contributed by atoms with Crippen LogP contribution in [0.1, 0.15) is 18.4 Å². The van der Waals surface area contributed by atoms with Crippen molar-refractivity contribution in [1.29, 1.82) is 0 Å². The van der Waals surface area contributed by atoms with Crippen molar-refractivity contribution in [2.24, 2.45) is 4.99 Å². The van der Waals surface area contributed by atoms with E-state index in [1.807, 2.05) is 69.3 Å². The monoisotopic (exact) mass is 459 g/mol. The third kappa shape index (κ3) is 4.44. The fourth-order valence-electron chi connectivity index (χ4n) is 4.10. The Kier molecular flexibility index (Phi) is 6.77. The van der Waals surface area contributed by atoms with Gasteiger partial charge in [0.05, 0.1) is 49.8 Å². The van der Waals surface area contributed by atoms with Crippen LogP contribution in [0.2, 0.25) is 0 Å². The molecule has 0 unspecified atom stereocenters. The molecule has 0 spiro atoms. The molecule has 176 valence electrons. The van der Waals surface area contributed by atoms with E-state index in [1.54, 1.807) is 21.3 Å². The Bertz CT molecular complexity index is 1390. The van der Waals surface area contributed by atoms with Gasteiger partial charge in [-0.05, 0) is 80.4 Å². The van der Waals surface area contributed by atoms with Gasteiger partial charge in [-0.25, -0.2) is 4.99 Å². The molecule has 1 aromatic heterocycles. The summed E-state index contributed by atoms with van der Waals surface area (Å²) in [7, 11) is 4.90. The van der Waals surface area contributed by atoms with E-state index in [4.69, 9.17) is 28.4 Å². The van der Waals surface area contributed by atoms with E-state index in [-0.39, 0.29) is 0 Å². The first-order valence-corrected chi connectivity index (χ1v) is 11.1. The molecular weight excluding hydrogens is 430 g/mol. The summed E-state index contributed by atoms with van der Waals surface area (Å²) in [5.41, 5.74) is 2.70. The van der Waals surface area contributed by atoms with Gasteiger partial charge in [0.15, 0.2) is 11.5 Å². The number of hydrogen-bond donors (Lipinski definition) is 0. The zero-order chi connectivity index (χ0) is 24.2. The zero-order valence-electron chi connectivity index (χ0n) is 20.4. The number of aryl methyl sites for hydroxylation is 2. The topological polar surface area (TPSA) is 62.4 Å². The third-order valence-corrected chi connectivity index (χ3v) is 5.68. The van der Waals surface area contributed by atoms with Crippen LogP contribution in [0.25, 0.3) is 21.9 Å². The molecule has 0 N–H and O–H groups in total. The van der Waals surface area contributed by atoms with Crippen molar-refractivity contribution in [3.05, 3.63) is 71.5 Å². The second-order valence-corrected chi connectivity index (χ2v) is 7.77. The normalized spacial score (nSPS) is 11.5. The summed E-state index contributed by atoms with van der Waals surface area (Å²) >= 11 is 0. The molecule has 4 aromatic rings. The average Bonchev–Trinajstić information content (AvgIpc) is 3.05. The maximum absolute atomic E-state index is 6.10. The molecule has 0 saturated heterocycles. The minimum atomic E-state index is 0.527. The van der Waals surface area contributed by atoms with Gasteiger partial charge >= 0.3 is 0 Å². The van der Waals surface area contributed by atoms with E-state index in [0.29, 0.717) is 18.1 Å². The van der Waals surface area contributed by atoms with Crippen molar-refractivity contribution < 1.29 is 23.4 Å². The molecule has 0 amide bonds. The number of nitrogens with zero attached hydrogens (tertiary/aromatic N) is 1. The van der Waals surface area contributed by atoms with Crippen LogP contribution in [0.15, 0.2) is 64.0 Å². The molecule has 0 aliphatic carbocycles. The quantitative estimate of drug-likeness (QED) is 0.321. The highest BCUT2D eigenvalue weighted by atomic mass is 16.5. The maximum Gasteiger partial charge on any atom is 0.161 e. The Balaban J connectivity index is 2.07. The minimum absolute atomic E-state index is 0.527. The van der Waals surface area contributed by atoms with Crippen LogP contribution < -0.4 is 24.3 Å². The summed E-state index contributed by atoms with van der Waals surface area (Å²) in [6.07, 6.45) is 0. The zero-order valence-corrected chi connectivity index (χ0v) is 20.4. The molecule has 0 saturated carbocycles. The van der Waals surface area contributed by atoms with Gasteiger partial charge in [-0.2, -0.15) is 0 Å². The van der Waals surface area contributed by atoms with Crippen molar-refractivity contribution in [2.45, 2.75) is 20.8 Å². The first-order valence-electron chi connectivity index (χ1n) is 11.1. The predicted octanol–water partition coefficient (Wildman–Crippen LogP) is 6.37. The predicted molar refractivity (Wildman–Crippen MR) is 134 cm³/mol. The summed E-state index contributed by atoms with van der Waals surface area (Å²) in [5, 5.41) is 2.62. The van der Waals surface area contributed by atoms with Crippen molar-refractivity contribution in [2.75, 3.05) is 27.9 Å². The minimum Gasteiger partial charge on any atom is -0.497 e. The highest BCUT2D eigenvalue weighted by Gasteiger charge is 2.16. The highest BCUT2D eigenvalue weighted by molar-refractivity contribution is 5.93. The Labute approximate surface area is 199 Å². The standard InChI is InChI=1S/C28H29NO5/c1-7-33-26-16-20(19-8-13-24(31-5)25(15-19)32-6)14-23(27-17(2)34-18(3)28(26)27)29-21-9-11-22(30-4)12-10-21/h8-16H,7H2,1-6H3. The second-order valence-electron chi connectivity index (χ2n) is 7.77. The van der Waals surface area contributed by atoms with Crippen LogP contribution in [0, 0.1) is 13.8 Å². The molecular formula is C28H29NO5. The summed E-state index contributed by atoms with van der Waals surface area (Å²) in [6, 6.07) is 17.6. The van der Waals surface area contributed by atoms with E-state index in [0.717, 1.165) is 56.0 Å². The smallest absolute Gasteiger partial charge is 0.161 e. The highest BCUT2D eigenvalue weighted by Crippen LogP contribution is 2.36. The van der Waals surface area contributed by atoms with E-state index < -0.39 is 0 Å². The Morgan fingerprint density at radius 3 is 2.03 bits per heavy atom. The number of ether oxygens (including phenoxy) is 4. The molecule has 0 fully saturated rings. The van der Waals surface area contributed by atoms with Crippen molar-refractivity contribution in [3.63, 3.8) is 0 Å². The average molecular weight is 460 g/mol. The number of methoxy groups -OCH3 is 3. The Morgan fingerprint density at radius 1 is 0.706 bits per heavy atom. The van der Waals surface area contributed by atoms with E-state index in [9.17, 15) is 0 Å². The Morgan fingerprint density at radius 2 is 1.38 bits per heavy atom. The molecule has 0 radical (unpaired) electrons. The number of fused-ring (bicyclic) bond motifs is 1. The molecule has 1 heterocycles. The summed E-state index contributed by atoms with van der Waals surface area (Å²) < 4.78 is 28.4. The van der Waals surface area contributed by atoms with Crippen LogP contribution in [-0.4, -0.2) is 27.9 Å². The second kappa shape index (κ2) is 9.91. The van der Waals surface area contributed by atoms with Gasteiger partial charge in [0, 0.05) is 0 Å². The van der Waals surface area contributed by atoms with Gasteiger partial charge in [0.2, 0.25) is 0 Å². The summed E-state index contributed by atoms with van der Waals surface area (Å²) in [4.78, 5) is 5.00. The van der Waals surface area contributed by atoms with Gasteiger partial charge in [-0.15, -0.1) is 0 Å². The largest absolute Gasteiger partial charge is 0.497 e. The molecule has 0 atom stereocenters. The summed E-state index contributed by atoms with van der Waals surface area (Å²) in [5.74, 6) is 4.42. The number of benzene rings is 2. The number of furan rings is 1. The molecule has 0 bridgehead atoms. The van der Waals surface area contributed by atoms with E-state index >= 15 is 0 Å². The number of hydrogen-bond acceptors (Lipinski definition) is 6. The fourth-order valence-corrected chi connectivity index (χ4v) is 4.10. The Hall–Kier alpha value is -3.93. The molecule has 6 heteroatoms. The first-order chi connectivity index (χ1) is 16.5. The van der Waals surface area contributed by atoms with Crippen molar-refractivity contribution in [1.82, 2.24) is 0 Å². The lowest BCUT2D eigenvalue weighted by molar-refractivity contribution is 0.344. The lowest BCUT2D eigenvalue weighted by Gasteiger charge is -2.09. The summed E-state index contributed by atoms with van der Waals surface area (Å²) in [6.45, 7) is 6.40. The van der Waals surface area contributed by atoms with E-state index in [1.165, 1.54) is 0 Å². The molecule has 3 aromatic carbocycles. The van der Waals surface area contributed by atoms with Crippen molar-refractivity contribution in [3.8, 4) is 34.1 Å². The van der Waals surface area contributed by atoms with Gasteiger partial charge in [-0.1, -0.05) is 6.07 Å². The lowest BCUT2D eigenvalue weighted by atomic mass is 10.1. The van der Waals surface area contributed by atoms with Gasteiger partial charge in [0.1, 0.15) is 23.0 Å². The van der Waals surface area contributed by atoms with Crippen LogP contribution >= 0.6 is 0 Å². The first kappa shape index (κ1) is 23.2. The van der Waals surface area contributed by atoms with Gasteiger partial charge in [-0.3, -0.25) is 0 Å². The lowest BCUT2D eigenvalue weighted by Crippen LogP contribution is -2.00. The molecule has 4 rings (SSSR count). The van der Waals surface area contributed by atoms with Gasteiger partial charge in [0.25, 0.3) is 0 Å². The van der Waals surface area contributed by atoms with E-state index in [2.05, 4.69) is 6.07 Å². The molecule has 0 aliphatic rings. The van der Waals surface area contributed by atoms with Crippen molar-refractivity contribution >= 4 is 16.5 Å². The van der Waals surface area contributed by atoms with Crippen LogP contribution in [0.3, 0.4) is 0 Å². The molecule has 6 nitrogen and oxygen atoms in total. The van der Waals surface area contributed by atoms with Crippen LogP contribution in [-0.2, 0) is 0 Å². The molecule has 34 heavy (non-hydrogen) atoms.